The van der Waals surface area contributed by atoms with Crippen LogP contribution in [-0.4, -0.2) is 40.0 Å². The van der Waals surface area contributed by atoms with Crippen LogP contribution in [0.1, 0.15) is 21.7 Å². The van der Waals surface area contributed by atoms with Crippen LogP contribution in [0.15, 0.2) is 35.7 Å². The van der Waals surface area contributed by atoms with Gasteiger partial charge in [0.2, 0.25) is 5.91 Å². The smallest absolute Gasteiger partial charge is 0.337 e. The second-order valence-electron chi connectivity index (χ2n) is 6.40. The van der Waals surface area contributed by atoms with Crippen molar-refractivity contribution in [1.82, 2.24) is 9.55 Å². The molecule has 0 fully saturated rings. The van der Waals surface area contributed by atoms with E-state index in [4.69, 9.17) is 10.00 Å². The number of rotatable bonds is 7. The number of nitrogens with zero attached hydrogens (tertiary/aromatic N) is 3. The number of hydrogen-bond acceptors (Lipinski definition) is 7. The highest BCUT2D eigenvalue weighted by molar-refractivity contribution is 8.00. The van der Waals surface area contributed by atoms with Gasteiger partial charge in [0.15, 0.2) is 5.13 Å². The number of methoxy groups -OCH3 is 1. The maximum absolute atomic E-state index is 11.9. The van der Waals surface area contributed by atoms with Crippen LogP contribution in [0.25, 0.3) is 16.9 Å². The molecule has 0 atom stereocenters. The zero-order valence-electron chi connectivity index (χ0n) is 16.8. The molecule has 1 amide bonds. The molecule has 0 saturated heterocycles. The number of amides is 1. The number of anilines is 1. The minimum Gasteiger partial charge on any atom is -0.465 e. The first-order valence-corrected chi connectivity index (χ1v) is 11.1. The van der Waals surface area contributed by atoms with Gasteiger partial charge in [-0.25, -0.2) is 9.78 Å². The number of aromatic nitrogens is 2. The summed E-state index contributed by atoms with van der Waals surface area (Å²) in [5, 5.41) is 13.8. The highest BCUT2D eigenvalue weighted by atomic mass is 32.2. The van der Waals surface area contributed by atoms with Gasteiger partial charge in [-0.2, -0.15) is 5.26 Å². The number of aryl methyl sites for hydroxylation is 1. The second kappa shape index (κ2) is 9.61. The maximum Gasteiger partial charge on any atom is 0.337 e. The summed E-state index contributed by atoms with van der Waals surface area (Å²) in [6, 6.07) is 11.3. The summed E-state index contributed by atoms with van der Waals surface area (Å²) in [6.07, 6.45) is 0. The number of carbonyl (C=O) groups is 2. The van der Waals surface area contributed by atoms with Gasteiger partial charge in [0.25, 0.3) is 0 Å². The van der Waals surface area contributed by atoms with Crippen molar-refractivity contribution in [3.05, 3.63) is 52.7 Å². The monoisotopic (exact) mass is 440 g/mol. The number of nitrogens with one attached hydrogen (secondary N) is 1. The Kier molecular flexibility index (Phi) is 6.92. The fourth-order valence-corrected chi connectivity index (χ4v) is 4.26. The summed E-state index contributed by atoms with van der Waals surface area (Å²) in [5.74, 6) is -0.0413. The number of thiazole rings is 1. The molecule has 0 aliphatic carbocycles. The fraction of sp³-hybridized carbons (Fsp3) is 0.238. The Balaban J connectivity index is 1.81. The van der Waals surface area contributed by atoms with E-state index in [1.54, 1.807) is 12.1 Å². The fourth-order valence-electron chi connectivity index (χ4n) is 3.08. The van der Waals surface area contributed by atoms with Crippen LogP contribution in [0.2, 0.25) is 0 Å². The Morgan fingerprint density at radius 2 is 2.03 bits per heavy atom. The Labute approximate surface area is 182 Å². The molecule has 2 heterocycles. The molecule has 30 heavy (non-hydrogen) atoms. The molecule has 7 nitrogen and oxygen atoms in total. The highest BCUT2D eigenvalue weighted by Crippen LogP contribution is 2.31. The van der Waals surface area contributed by atoms with E-state index < -0.39 is 0 Å². The summed E-state index contributed by atoms with van der Waals surface area (Å²) in [7, 11) is 1.36. The van der Waals surface area contributed by atoms with E-state index in [2.05, 4.69) is 14.9 Å². The third kappa shape index (κ3) is 4.72. The number of nitriles is 1. The normalized spacial score (nSPS) is 10.5. The molecule has 154 valence electrons. The van der Waals surface area contributed by atoms with Gasteiger partial charge in [-0.3, -0.25) is 4.79 Å². The van der Waals surface area contributed by atoms with Gasteiger partial charge in [0.1, 0.15) is 0 Å². The van der Waals surface area contributed by atoms with Crippen LogP contribution in [0.4, 0.5) is 5.13 Å². The molecule has 0 bridgehead atoms. The number of hydrogen-bond donors (Lipinski definition) is 1. The summed E-state index contributed by atoms with van der Waals surface area (Å²) < 4.78 is 6.84. The number of thioether (sulfide) groups is 1. The molecule has 0 radical (unpaired) electrons. The average Bonchev–Trinajstić information content (AvgIpc) is 3.31. The van der Waals surface area contributed by atoms with Crippen LogP contribution in [-0.2, 0) is 9.53 Å². The lowest BCUT2D eigenvalue weighted by molar-refractivity contribution is -0.113. The van der Waals surface area contributed by atoms with E-state index in [0.717, 1.165) is 28.3 Å². The summed E-state index contributed by atoms with van der Waals surface area (Å²) in [4.78, 5) is 28.1. The largest absolute Gasteiger partial charge is 0.465 e. The zero-order chi connectivity index (χ0) is 21.7. The van der Waals surface area contributed by atoms with Gasteiger partial charge in [0.05, 0.1) is 35.9 Å². The van der Waals surface area contributed by atoms with Crippen molar-refractivity contribution in [2.45, 2.75) is 13.8 Å². The van der Waals surface area contributed by atoms with Crippen molar-refractivity contribution >= 4 is 40.1 Å². The minimum atomic E-state index is -0.369. The van der Waals surface area contributed by atoms with Crippen LogP contribution in [0, 0.1) is 25.2 Å². The molecule has 0 aliphatic heterocycles. The number of carbonyl (C=O) groups excluding carboxylic acids is 2. The van der Waals surface area contributed by atoms with Crippen LogP contribution in [0.3, 0.4) is 0 Å². The third-order valence-electron chi connectivity index (χ3n) is 4.40. The SMILES string of the molecule is COC(=O)c1ccc(-n2c(C)cc(-c3csc(NC(=O)CSCC#N)n3)c2C)cc1. The van der Waals surface area contributed by atoms with Gasteiger partial charge in [-0.1, -0.05) is 0 Å². The molecule has 3 aromatic rings. The van der Waals surface area contributed by atoms with Crippen molar-refractivity contribution in [3.63, 3.8) is 0 Å². The molecular formula is C21H20N4O3S2. The molecule has 0 unspecified atom stereocenters. The number of ether oxygens (including phenoxy) is 1. The summed E-state index contributed by atoms with van der Waals surface area (Å²) in [5.41, 5.74) is 5.22. The van der Waals surface area contributed by atoms with Gasteiger partial charge in [-0.15, -0.1) is 23.1 Å². The first-order chi connectivity index (χ1) is 14.4. The predicted molar refractivity (Wildman–Crippen MR) is 119 cm³/mol. The van der Waals surface area contributed by atoms with Crippen molar-refractivity contribution in [2.24, 2.45) is 0 Å². The molecule has 3 rings (SSSR count). The van der Waals surface area contributed by atoms with E-state index in [0.29, 0.717) is 10.7 Å². The maximum atomic E-state index is 11.9. The van der Waals surface area contributed by atoms with Gasteiger partial charge in [-0.05, 0) is 44.2 Å². The molecule has 0 saturated carbocycles. The highest BCUT2D eigenvalue weighted by Gasteiger charge is 2.16. The third-order valence-corrected chi connectivity index (χ3v) is 5.96. The van der Waals surface area contributed by atoms with Gasteiger partial charge < -0.3 is 14.6 Å². The molecule has 0 aliphatic rings. The van der Waals surface area contributed by atoms with Gasteiger partial charge in [0, 0.05) is 28.0 Å². The topological polar surface area (TPSA) is 97.0 Å². The quantitative estimate of drug-likeness (QED) is 0.437. The minimum absolute atomic E-state index is 0.174. The van der Waals surface area contributed by atoms with Crippen LogP contribution in [0.5, 0.6) is 0 Å². The van der Waals surface area contributed by atoms with Gasteiger partial charge >= 0.3 is 5.97 Å². The zero-order valence-corrected chi connectivity index (χ0v) is 18.4. The standard InChI is InChI=1S/C21H20N4O3S2/c1-13-10-17(18-11-30-21(23-18)24-19(26)12-29-9-8-22)14(2)25(13)16-6-4-15(5-7-16)20(27)28-3/h4-7,10-11H,9,12H2,1-3H3,(H,23,24,26). The Bertz CT molecular complexity index is 1110. The average molecular weight is 441 g/mol. The van der Waals surface area contributed by atoms with E-state index in [1.165, 1.54) is 30.2 Å². The molecule has 0 spiro atoms. The van der Waals surface area contributed by atoms with Crippen molar-refractivity contribution < 1.29 is 14.3 Å². The van der Waals surface area contributed by atoms with Crippen LogP contribution >= 0.6 is 23.1 Å². The Morgan fingerprint density at radius 3 is 2.70 bits per heavy atom. The predicted octanol–water partition coefficient (Wildman–Crippen LogP) is 4.20. The lowest BCUT2D eigenvalue weighted by Gasteiger charge is -2.10. The number of esters is 1. The molecule has 1 aromatic carbocycles. The molecule has 9 heteroatoms. The van der Waals surface area contributed by atoms with E-state index in [9.17, 15) is 9.59 Å². The van der Waals surface area contributed by atoms with E-state index in [-0.39, 0.29) is 23.4 Å². The van der Waals surface area contributed by atoms with Crippen molar-refractivity contribution in [2.75, 3.05) is 23.9 Å². The van der Waals surface area contributed by atoms with E-state index in [1.807, 2.05) is 43.5 Å². The van der Waals surface area contributed by atoms with E-state index >= 15 is 0 Å². The second-order valence-corrected chi connectivity index (χ2v) is 8.24. The first-order valence-electron chi connectivity index (χ1n) is 9.02. The summed E-state index contributed by atoms with van der Waals surface area (Å²) >= 11 is 2.63. The molecule has 1 N–H and O–H groups in total. The Morgan fingerprint density at radius 1 is 1.30 bits per heavy atom. The van der Waals surface area contributed by atoms with Crippen LogP contribution < -0.4 is 5.32 Å². The van der Waals surface area contributed by atoms with Crippen molar-refractivity contribution in [3.8, 4) is 23.0 Å². The summed E-state index contributed by atoms with van der Waals surface area (Å²) in [6.45, 7) is 4.01. The Hall–Kier alpha value is -3.09. The molecule has 2 aromatic heterocycles. The number of benzene rings is 1. The van der Waals surface area contributed by atoms with Crippen molar-refractivity contribution in [1.29, 1.82) is 5.26 Å². The molecular weight excluding hydrogens is 420 g/mol. The first kappa shape index (κ1) is 21.6. The lowest BCUT2D eigenvalue weighted by Crippen LogP contribution is -2.14. The lowest BCUT2D eigenvalue weighted by atomic mass is 10.2.